The average molecular weight is 309 g/mol. The van der Waals surface area contributed by atoms with E-state index in [0.29, 0.717) is 23.6 Å². The number of aldehydes is 1. The number of alkyl carbamates (subject to hydrolysis) is 1. The second-order valence-corrected chi connectivity index (χ2v) is 5.76. The number of hydrogen-bond acceptors (Lipinski definition) is 5. The normalized spacial score (nSPS) is 10.8. The summed E-state index contributed by atoms with van der Waals surface area (Å²) in [5, 5.41) is 2.61. The van der Waals surface area contributed by atoms with Crippen LogP contribution in [0, 0.1) is 6.92 Å². The first-order chi connectivity index (χ1) is 10.3. The number of carbonyl (C=O) groups excluding carboxylic acids is 2. The van der Waals surface area contributed by atoms with Gasteiger partial charge < -0.3 is 19.5 Å². The Morgan fingerprint density at radius 1 is 1.32 bits per heavy atom. The topological polar surface area (TPSA) is 73.9 Å². The standard InChI is InChI=1S/C16H23NO5/c1-11-8-12(10-18)9-13(20-5)14(11)21-7-6-17-15(19)22-16(2,3)4/h8-10H,6-7H2,1-5H3,(H,17,19). The molecule has 6 nitrogen and oxygen atoms in total. The molecule has 22 heavy (non-hydrogen) atoms. The third-order valence-electron chi connectivity index (χ3n) is 2.64. The highest BCUT2D eigenvalue weighted by molar-refractivity contribution is 5.77. The van der Waals surface area contributed by atoms with Gasteiger partial charge in [-0.2, -0.15) is 0 Å². The lowest BCUT2D eigenvalue weighted by Crippen LogP contribution is -2.34. The largest absolute Gasteiger partial charge is 0.493 e. The molecule has 1 aromatic carbocycles. The minimum absolute atomic E-state index is 0.261. The van der Waals surface area contributed by atoms with E-state index in [9.17, 15) is 9.59 Å². The lowest BCUT2D eigenvalue weighted by atomic mass is 10.1. The fourth-order valence-electron chi connectivity index (χ4n) is 1.79. The van der Waals surface area contributed by atoms with Crippen molar-refractivity contribution in [3.63, 3.8) is 0 Å². The molecule has 0 fully saturated rings. The lowest BCUT2D eigenvalue weighted by Gasteiger charge is -2.20. The van der Waals surface area contributed by atoms with Gasteiger partial charge in [-0.3, -0.25) is 4.79 Å². The van der Waals surface area contributed by atoms with Gasteiger partial charge in [0.05, 0.1) is 13.7 Å². The number of rotatable bonds is 6. The third-order valence-corrected chi connectivity index (χ3v) is 2.64. The fraction of sp³-hybridized carbons (Fsp3) is 0.500. The van der Waals surface area contributed by atoms with Gasteiger partial charge in [-0.25, -0.2) is 4.79 Å². The third kappa shape index (κ3) is 5.63. The van der Waals surface area contributed by atoms with Crippen molar-refractivity contribution in [1.29, 1.82) is 0 Å². The highest BCUT2D eigenvalue weighted by Crippen LogP contribution is 2.31. The summed E-state index contributed by atoms with van der Waals surface area (Å²) in [5.41, 5.74) is 0.780. The molecule has 0 aliphatic rings. The number of nitrogens with one attached hydrogen (secondary N) is 1. The van der Waals surface area contributed by atoms with Crippen LogP contribution in [0.4, 0.5) is 4.79 Å². The van der Waals surface area contributed by atoms with E-state index < -0.39 is 11.7 Å². The summed E-state index contributed by atoms with van der Waals surface area (Å²) < 4.78 is 16.0. The number of hydrogen-bond donors (Lipinski definition) is 1. The Kier molecular flexibility index (Phi) is 6.22. The van der Waals surface area contributed by atoms with Crippen LogP contribution in [0.5, 0.6) is 11.5 Å². The first kappa shape index (κ1) is 17.8. The van der Waals surface area contributed by atoms with Crippen LogP contribution < -0.4 is 14.8 Å². The minimum Gasteiger partial charge on any atom is -0.493 e. The van der Waals surface area contributed by atoms with E-state index >= 15 is 0 Å². The molecule has 1 aromatic rings. The zero-order chi connectivity index (χ0) is 16.8. The number of amides is 1. The molecule has 122 valence electrons. The number of aryl methyl sites for hydroxylation is 1. The SMILES string of the molecule is COc1cc(C=O)cc(C)c1OCCNC(=O)OC(C)(C)C. The summed E-state index contributed by atoms with van der Waals surface area (Å²) in [6.07, 6.45) is 0.264. The van der Waals surface area contributed by atoms with Crippen molar-refractivity contribution in [1.82, 2.24) is 5.32 Å². The molecule has 0 aliphatic heterocycles. The molecule has 0 aliphatic carbocycles. The van der Waals surface area contributed by atoms with Crippen molar-refractivity contribution < 1.29 is 23.8 Å². The Bertz CT molecular complexity index is 534. The smallest absolute Gasteiger partial charge is 0.407 e. The van der Waals surface area contributed by atoms with Crippen LogP contribution in [0.1, 0.15) is 36.7 Å². The Labute approximate surface area is 130 Å². The molecule has 0 aromatic heterocycles. The molecule has 0 unspecified atom stereocenters. The lowest BCUT2D eigenvalue weighted by molar-refractivity contribution is 0.0520. The second-order valence-electron chi connectivity index (χ2n) is 5.76. The van der Waals surface area contributed by atoms with Gasteiger partial charge in [-0.05, 0) is 45.4 Å². The molecule has 6 heteroatoms. The van der Waals surface area contributed by atoms with Gasteiger partial charge in [-0.15, -0.1) is 0 Å². The zero-order valence-corrected chi connectivity index (χ0v) is 13.7. The molecule has 1 amide bonds. The van der Waals surface area contributed by atoms with Crippen LogP contribution in [0.3, 0.4) is 0 Å². The van der Waals surface area contributed by atoms with Gasteiger partial charge in [0.15, 0.2) is 11.5 Å². The van der Waals surface area contributed by atoms with Crippen LogP contribution in [-0.2, 0) is 4.74 Å². The maximum Gasteiger partial charge on any atom is 0.407 e. The van der Waals surface area contributed by atoms with Crippen LogP contribution in [0.25, 0.3) is 0 Å². The van der Waals surface area contributed by atoms with Gasteiger partial charge in [-0.1, -0.05) is 0 Å². The molecule has 1 N–H and O–H groups in total. The molecule has 0 bridgehead atoms. The number of methoxy groups -OCH3 is 1. The van der Waals surface area contributed by atoms with E-state index in [0.717, 1.165) is 11.8 Å². The summed E-state index contributed by atoms with van der Waals surface area (Å²) in [6.45, 7) is 7.78. The number of ether oxygens (including phenoxy) is 3. The van der Waals surface area contributed by atoms with Crippen LogP contribution >= 0.6 is 0 Å². The molecule has 0 saturated heterocycles. The monoisotopic (exact) mass is 309 g/mol. The molecule has 0 saturated carbocycles. The molecule has 0 heterocycles. The van der Waals surface area contributed by atoms with Crippen molar-refractivity contribution in [3.05, 3.63) is 23.3 Å². The molecular formula is C16H23NO5. The van der Waals surface area contributed by atoms with Crippen molar-refractivity contribution >= 4 is 12.4 Å². The molecule has 0 spiro atoms. The zero-order valence-electron chi connectivity index (χ0n) is 13.7. The fourth-order valence-corrected chi connectivity index (χ4v) is 1.79. The maximum absolute atomic E-state index is 11.5. The van der Waals surface area contributed by atoms with Crippen LogP contribution in [0.2, 0.25) is 0 Å². The second kappa shape index (κ2) is 7.68. The predicted molar refractivity (Wildman–Crippen MR) is 82.9 cm³/mol. The van der Waals surface area contributed by atoms with Gasteiger partial charge in [0.1, 0.15) is 18.5 Å². The van der Waals surface area contributed by atoms with Crippen LogP contribution in [-0.4, -0.2) is 38.2 Å². The molecular weight excluding hydrogens is 286 g/mol. The van der Waals surface area contributed by atoms with Crippen LogP contribution in [0.15, 0.2) is 12.1 Å². The van der Waals surface area contributed by atoms with Crippen molar-refractivity contribution in [3.8, 4) is 11.5 Å². The summed E-state index contributed by atoms with van der Waals surface area (Å²) in [7, 11) is 1.51. The summed E-state index contributed by atoms with van der Waals surface area (Å²) in [6, 6.07) is 3.32. The summed E-state index contributed by atoms with van der Waals surface area (Å²) >= 11 is 0. The van der Waals surface area contributed by atoms with Gasteiger partial charge in [0, 0.05) is 5.56 Å². The first-order valence-corrected chi connectivity index (χ1v) is 7.00. The molecule has 0 atom stereocenters. The Balaban J connectivity index is 2.55. The highest BCUT2D eigenvalue weighted by Gasteiger charge is 2.16. The van der Waals surface area contributed by atoms with E-state index in [1.807, 2.05) is 6.92 Å². The van der Waals surface area contributed by atoms with E-state index in [1.165, 1.54) is 7.11 Å². The molecule has 0 radical (unpaired) electrons. The maximum atomic E-state index is 11.5. The number of benzene rings is 1. The van der Waals surface area contributed by atoms with Gasteiger partial charge in [0.2, 0.25) is 0 Å². The van der Waals surface area contributed by atoms with Crippen molar-refractivity contribution in [2.45, 2.75) is 33.3 Å². The molecule has 1 rings (SSSR count). The average Bonchev–Trinajstić information content (AvgIpc) is 2.42. The van der Waals surface area contributed by atoms with E-state index in [4.69, 9.17) is 14.2 Å². The minimum atomic E-state index is -0.532. The van der Waals surface area contributed by atoms with Crippen molar-refractivity contribution in [2.24, 2.45) is 0 Å². The summed E-state index contributed by atoms with van der Waals surface area (Å²) in [4.78, 5) is 22.3. The van der Waals surface area contributed by atoms with Gasteiger partial charge in [0.25, 0.3) is 0 Å². The quantitative estimate of drug-likeness (QED) is 0.646. The van der Waals surface area contributed by atoms with E-state index in [2.05, 4.69) is 5.32 Å². The Morgan fingerprint density at radius 2 is 2.00 bits per heavy atom. The Morgan fingerprint density at radius 3 is 2.55 bits per heavy atom. The highest BCUT2D eigenvalue weighted by atomic mass is 16.6. The first-order valence-electron chi connectivity index (χ1n) is 7.00. The Hall–Kier alpha value is -2.24. The van der Waals surface area contributed by atoms with E-state index in [1.54, 1.807) is 32.9 Å². The van der Waals surface area contributed by atoms with E-state index in [-0.39, 0.29) is 6.61 Å². The number of carbonyl (C=O) groups is 2. The predicted octanol–water partition coefficient (Wildman–Crippen LogP) is 2.72. The van der Waals surface area contributed by atoms with Gasteiger partial charge >= 0.3 is 6.09 Å². The summed E-state index contributed by atoms with van der Waals surface area (Å²) in [5.74, 6) is 1.04. The van der Waals surface area contributed by atoms with Crippen molar-refractivity contribution in [2.75, 3.05) is 20.3 Å².